The lowest BCUT2D eigenvalue weighted by molar-refractivity contribution is 0.199. The number of hydrogen-bond donors (Lipinski definition) is 1. The number of nitrogens with zero attached hydrogens (tertiary/aromatic N) is 1. The lowest BCUT2D eigenvalue weighted by Gasteiger charge is -2.36. The van der Waals surface area contributed by atoms with Crippen LogP contribution in [0.15, 0.2) is 5.16 Å². The van der Waals surface area contributed by atoms with Gasteiger partial charge in [-0.2, -0.15) is 0 Å². The van der Waals surface area contributed by atoms with E-state index in [0.29, 0.717) is 11.3 Å². The highest BCUT2D eigenvalue weighted by Gasteiger charge is 2.62. The molecule has 2 fully saturated rings. The van der Waals surface area contributed by atoms with E-state index in [1.807, 2.05) is 0 Å². The lowest BCUT2D eigenvalue weighted by Crippen LogP contribution is -2.36. The van der Waals surface area contributed by atoms with Crippen LogP contribution in [-0.2, 0) is 0 Å². The van der Waals surface area contributed by atoms with Gasteiger partial charge < -0.3 is 5.21 Å². The molecule has 74 valence electrons. The zero-order valence-electron chi connectivity index (χ0n) is 8.18. The molecule has 2 unspecified atom stereocenters. The fourth-order valence-corrected chi connectivity index (χ4v) is 4.26. The van der Waals surface area contributed by atoms with E-state index in [-0.39, 0.29) is 5.41 Å². The molecule has 2 aliphatic carbocycles. The molecule has 3 heteroatoms. The Morgan fingerprint density at radius 1 is 1.62 bits per heavy atom. The van der Waals surface area contributed by atoms with E-state index in [0.717, 1.165) is 17.5 Å². The number of halogens is 1. The Kier molecular flexibility index (Phi) is 1.99. The molecule has 13 heavy (non-hydrogen) atoms. The minimum Gasteiger partial charge on any atom is -0.411 e. The quantitative estimate of drug-likeness (QED) is 0.430. The van der Waals surface area contributed by atoms with Crippen molar-refractivity contribution in [1.82, 2.24) is 0 Å². The largest absolute Gasteiger partial charge is 0.411 e. The Bertz CT molecular complexity index is 266. The van der Waals surface area contributed by atoms with E-state index in [1.54, 1.807) is 0 Å². The summed E-state index contributed by atoms with van der Waals surface area (Å²) >= 11 is 3.61. The molecular weight excluding hydrogens is 230 g/mol. The van der Waals surface area contributed by atoms with Gasteiger partial charge in [-0.05, 0) is 30.6 Å². The van der Waals surface area contributed by atoms with Gasteiger partial charge in [-0.1, -0.05) is 34.9 Å². The molecule has 0 aromatic carbocycles. The van der Waals surface area contributed by atoms with E-state index < -0.39 is 0 Å². The Morgan fingerprint density at radius 3 is 2.69 bits per heavy atom. The van der Waals surface area contributed by atoms with Gasteiger partial charge >= 0.3 is 0 Å². The predicted octanol–water partition coefficient (Wildman–Crippen LogP) is 3.04. The van der Waals surface area contributed by atoms with E-state index >= 15 is 0 Å². The second kappa shape index (κ2) is 2.72. The molecule has 0 aromatic rings. The van der Waals surface area contributed by atoms with E-state index in [1.165, 1.54) is 12.8 Å². The summed E-state index contributed by atoms with van der Waals surface area (Å²) in [6.07, 6.45) is 3.46. The summed E-state index contributed by atoms with van der Waals surface area (Å²) in [7, 11) is 0. The van der Waals surface area contributed by atoms with Crippen molar-refractivity contribution in [3.05, 3.63) is 0 Å². The number of oxime groups is 1. The number of alkyl halides is 1. The smallest absolute Gasteiger partial charge is 0.0638 e. The molecule has 0 amide bonds. The average Bonchev–Trinajstić information content (AvgIpc) is 2.51. The monoisotopic (exact) mass is 245 g/mol. The van der Waals surface area contributed by atoms with Crippen molar-refractivity contribution in [1.29, 1.82) is 0 Å². The SMILES string of the molecule is CC1(CBr)C2CC[C@@]1(C)/C(=N/O)C2. The highest BCUT2D eigenvalue weighted by molar-refractivity contribution is 9.09. The van der Waals surface area contributed by atoms with Crippen molar-refractivity contribution >= 4 is 21.6 Å². The van der Waals surface area contributed by atoms with Crippen LogP contribution < -0.4 is 0 Å². The van der Waals surface area contributed by atoms with Crippen LogP contribution >= 0.6 is 15.9 Å². The number of hydrogen-bond acceptors (Lipinski definition) is 2. The van der Waals surface area contributed by atoms with Crippen molar-refractivity contribution < 1.29 is 5.21 Å². The molecule has 0 aliphatic heterocycles. The van der Waals surface area contributed by atoms with Crippen LogP contribution in [0.5, 0.6) is 0 Å². The standard InChI is InChI=1S/C10H16BrNO/c1-9-4-3-7(5-8(9)12-13)10(9,2)6-11/h7,13H,3-6H2,1-2H3/b12-8+/t7?,9-,10?/m0/s1. The summed E-state index contributed by atoms with van der Waals surface area (Å²) in [6.45, 7) is 4.56. The van der Waals surface area contributed by atoms with Gasteiger partial charge in [0.25, 0.3) is 0 Å². The minimum atomic E-state index is 0.135. The van der Waals surface area contributed by atoms with Crippen molar-refractivity contribution in [3.8, 4) is 0 Å². The first-order valence-electron chi connectivity index (χ1n) is 4.86. The zero-order valence-corrected chi connectivity index (χ0v) is 9.76. The summed E-state index contributed by atoms with van der Waals surface area (Å²) in [5, 5.41) is 13.4. The minimum absolute atomic E-state index is 0.135. The van der Waals surface area contributed by atoms with Gasteiger partial charge in [-0.3, -0.25) is 0 Å². The van der Waals surface area contributed by atoms with Crippen molar-refractivity contribution in [3.63, 3.8) is 0 Å². The van der Waals surface area contributed by atoms with E-state index in [4.69, 9.17) is 5.21 Å². The normalized spacial score (nSPS) is 51.9. The Morgan fingerprint density at radius 2 is 2.31 bits per heavy atom. The molecule has 1 N–H and O–H groups in total. The van der Waals surface area contributed by atoms with Gasteiger partial charge in [0, 0.05) is 10.7 Å². The first-order chi connectivity index (χ1) is 6.08. The second-order valence-corrected chi connectivity index (χ2v) is 5.43. The summed E-state index contributed by atoms with van der Waals surface area (Å²) in [4.78, 5) is 0. The van der Waals surface area contributed by atoms with Crippen molar-refractivity contribution in [2.75, 3.05) is 5.33 Å². The summed E-state index contributed by atoms with van der Waals surface area (Å²) in [5.41, 5.74) is 1.45. The van der Waals surface area contributed by atoms with E-state index in [9.17, 15) is 0 Å². The molecule has 2 saturated carbocycles. The van der Waals surface area contributed by atoms with Crippen LogP contribution in [0.3, 0.4) is 0 Å². The van der Waals surface area contributed by atoms with E-state index in [2.05, 4.69) is 34.9 Å². The molecule has 0 heterocycles. The number of rotatable bonds is 1. The molecule has 0 saturated heterocycles. The van der Waals surface area contributed by atoms with Gasteiger partial charge in [0.2, 0.25) is 0 Å². The van der Waals surface area contributed by atoms with Gasteiger partial charge in [-0.25, -0.2) is 0 Å². The lowest BCUT2D eigenvalue weighted by atomic mass is 9.70. The second-order valence-electron chi connectivity index (χ2n) is 4.87. The Balaban J connectivity index is 2.45. The fourth-order valence-electron chi connectivity index (χ4n) is 3.19. The molecule has 2 rings (SSSR count). The third-order valence-corrected chi connectivity index (χ3v) is 5.79. The van der Waals surface area contributed by atoms with Crippen LogP contribution in [0.1, 0.15) is 33.1 Å². The fraction of sp³-hybridized carbons (Fsp3) is 0.900. The first kappa shape index (κ1) is 9.50. The van der Waals surface area contributed by atoms with Crippen molar-refractivity contribution in [2.24, 2.45) is 21.9 Å². The van der Waals surface area contributed by atoms with Gasteiger partial charge in [0.15, 0.2) is 0 Å². The summed E-state index contributed by atoms with van der Waals surface area (Å²) in [5.74, 6) is 0.711. The van der Waals surface area contributed by atoms with Crippen molar-refractivity contribution in [2.45, 2.75) is 33.1 Å². The molecule has 2 bridgehead atoms. The van der Waals surface area contributed by atoms with Gasteiger partial charge in [0.1, 0.15) is 0 Å². The van der Waals surface area contributed by atoms with Crippen LogP contribution in [0.25, 0.3) is 0 Å². The van der Waals surface area contributed by atoms with Crippen LogP contribution in [-0.4, -0.2) is 16.2 Å². The van der Waals surface area contributed by atoms with Crippen LogP contribution in [0, 0.1) is 16.7 Å². The first-order valence-corrected chi connectivity index (χ1v) is 5.98. The van der Waals surface area contributed by atoms with Gasteiger partial charge in [0.05, 0.1) is 5.71 Å². The Hall–Kier alpha value is -0.0500. The highest BCUT2D eigenvalue weighted by atomic mass is 79.9. The molecule has 0 aromatic heterocycles. The maximum absolute atomic E-state index is 8.95. The molecule has 3 atom stereocenters. The third kappa shape index (κ3) is 0.915. The summed E-state index contributed by atoms with van der Waals surface area (Å²) < 4.78 is 0. The maximum Gasteiger partial charge on any atom is 0.0638 e. The molecule has 0 spiro atoms. The topological polar surface area (TPSA) is 32.6 Å². The third-order valence-electron chi connectivity index (χ3n) is 4.63. The van der Waals surface area contributed by atoms with Crippen LogP contribution in [0.4, 0.5) is 0 Å². The highest BCUT2D eigenvalue weighted by Crippen LogP contribution is 2.64. The van der Waals surface area contributed by atoms with Crippen LogP contribution in [0.2, 0.25) is 0 Å². The van der Waals surface area contributed by atoms with Gasteiger partial charge in [-0.15, -0.1) is 0 Å². The number of fused-ring (bicyclic) bond motifs is 2. The maximum atomic E-state index is 8.95. The molecule has 0 radical (unpaired) electrons. The average molecular weight is 246 g/mol. The predicted molar refractivity (Wildman–Crippen MR) is 56.6 cm³/mol. The molecular formula is C10H16BrNO. The Labute approximate surface area is 87.5 Å². The summed E-state index contributed by atoms with van der Waals surface area (Å²) in [6, 6.07) is 0. The molecule has 2 nitrogen and oxygen atoms in total. The zero-order chi connectivity index (χ0) is 9.69. The molecule has 2 aliphatic rings.